The van der Waals surface area contributed by atoms with Gasteiger partial charge in [-0.15, -0.1) is 11.6 Å². The lowest BCUT2D eigenvalue weighted by Gasteiger charge is -2.21. The Balaban J connectivity index is 2.31. The second-order valence-corrected chi connectivity index (χ2v) is 7.08. The van der Waals surface area contributed by atoms with Gasteiger partial charge < -0.3 is 0 Å². The fourth-order valence-corrected chi connectivity index (χ4v) is 4.54. The standard InChI is InChI=1S/C17H18ClP/c1-15(9-8-14-18)19(16-10-4-2-5-11-16)17-12-6-3-7-13-17/h2-7,10-13H,1,8-9,14H2. The van der Waals surface area contributed by atoms with Crippen molar-refractivity contribution in [2.24, 2.45) is 0 Å². The van der Waals surface area contributed by atoms with E-state index < -0.39 is 7.92 Å². The maximum atomic E-state index is 5.81. The summed E-state index contributed by atoms with van der Waals surface area (Å²) in [5.41, 5.74) is 0. The van der Waals surface area contributed by atoms with E-state index >= 15 is 0 Å². The molecule has 0 nitrogen and oxygen atoms in total. The maximum absolute atomic E-state index is 5.81. The quantitative estimate of drug-likeness (QED) is 0.536. The normalized spacial score (nSPS) is 10.6. The first-order valence-electron chi connectivity index (χ1n) is 6.47. The molecule has 0 aliphatic rings. The van der Waals surface area contributed by atoms with Gasteiger partial charge in [-0.1, -0.05) is 67.2 Å². The van der Waals surface area contributed by atoms with Crippen molar-refractivity contribution in [1.82, 2.24) is 0 Å². The third kappa shape index (κ3) is 3.93. The molecule has 0 aliphatic heterocycles. The Labute approximate surface area is 121 Å². The predicted molar refractivity (Wildman–Crippen MR) is 88.2 cm³/mol. The van der Waals surface area contributed by atoms with Crippen molar-refractivity contribution >= 4 is 30.1 Å². The number of allylic oxidation sites excluding steroid dienone is 1. The van der Waals surface area contributed by atoms with Crippen LogP contribution in [-0.2, 0) is 0 Å². The Bertz CT molecular complexity index is 468. The third-order valence-electron chi connectivity index (χ3n) is 2.94. The van der Waals surface area contributed by atoms with E-state index in [1.54, 1.807) is 0 Å². The van der Waals surface area contributed by atoms with Gasteiger partial charge in [-0.05, 0) is 36.7 Å². The summed E-state index contributed by atoms with van der Waals surface area (Å²) >= 11 is 5.81. The molecule has 98 valence electrons. The van der Waals surface area contributed by atoms with E-state index in [1.165, 1.54) is 15.9 Å². The van der Waals surface area contributed by atoms with Crippen LogP contribution in [0.3, 0.4) is 0 Å². The van der Waals surface area contributed by atoms with E-state index in [0.29, 0.717) is 5.88 Å². The van der Waals surface area contributed by atoms with Crippen LogP contribution in [0.1, 0.15) is 12.8 Å². The molecule has 0 aromatic heterocycles. The molecule has 2 aromatic carbocycles. The van der Waals surface area contributed by atoms with Gasteiger partial charge in [0.2, 0.25) is 0 Å². The highest BCUT2D eigenvalue weighted by Crippen LogP contribution is 2.43. The minimum atomic E-state index is -0.477. The van der Waals surface area contributed by atoms with Crippen LogP contribution in [0.2, 0.25) is 0 Å². The van der Waals surface area contributed by atoms with E-state index in [-0.39, 0.29) is 0 Å². The third-order valence-corrected chi connectivity index (χ3v) is 5.70. The second-order valence-electron chi connectivity index (χ2n) is 4.37. The van der Waals surface area contributed by atoms with Crippen molar-refractivity contribution in [1.29, 1.82) is 0 Å². The van der Waals surface area contributed by atoms with E-state index in [0.717, 1.165) is 12.8 Å². The van der Waals surface area contributed by atoms with Gasteiger partial charge in [0.15, 0.2) is 0 Å². The largest absolute Gasteiger partial charge is 0.127 e. The van der Waals surface area contributed by atoms with Crippen molar-refractivity contribution in [3.63, 3.8) is 0 Å². The SMILES string of the molecule is C=C(CCCCl)P(c1ccccc1)c1ccccc1. The average molecular weight is 289 g/mol. The Morgan fingerprint density at radius 2 is 1.37 bits per heavy atom. The van der Waals surface area contributed by atoms with Crippen molar-refractivity contribution in [3.8, 4) is 0 Å². The number of alkyl halides is 1. The number of hydrogen-bond acceptors (Lipinski definition) is 0. The summed E-state index contributed by atoms with van der Waals surface area (Å²) in [5.74, 6) is 0.700. The summed E-state index contributed by atoms with van der Waals surface area (Å²) in [4.78, 5) is 0. The number of benzene rings is 2. The average Bonchev–Trinajstić information content (AvgIpc) is 2.47. The monoisotopic (exact) mass is 288 g/mol. The molecule has 2 rings (SSSR count). The van der Waals surface area contributed by atoms with Crippen LogP contribution < -0.4 is 10.6 Å². The van der Waals surface area contributed by atoms with Crippen molar-refractivity contribution in [3.05, 3.63) is 72.6 Å². The zero-order valence-electron chi connectivity index (χ0n) is 10.9. The molecule has 0 N–H and O–H groups in total. The lowest BCUT2D eigenvalue weighted by Crippen LogP contribution is -2.12. The summed E-state index contributed by atoms with van der Waals surface area (Å²) in [6.45, 7) is 4.32. The highest BCUT2D eigenvalue weighted by atomic mass is 35.5. The van der Waals surface area contributed by atoms with Gasteiger partial charge in [-0.25, -0.2) is 0 Å². The van der Waals surface area contributed by atoms with Crippen LogP contribution in [0.25, 0.3) is 0 Å². The number of hydrogen-bond donors (Lipinski definition) is 0. The minimum Gasteiger partial charge on any atom is -0.127 e. The molecule has 0 atom stereocenters. The maximum Gasteiger partial charge on any atom is 0.0226 e. The molecular weight excluding hydrogens is 271 g/mol. The molecule has 0 fully saturated rings. The Hall–Kier alpha value is -1.10. The van der Waals surface area contributed by atoms with Crippen LogP contribution >= 0.6 is 19.5 Å². The van der Waals surface area contributed by atoms with Crippen molar-refractivity contribution < 1.29 is 0 Å². The first kappa shape index (κ1) is 14.3. The van der Waals surface area contributed by atoms with Gasteiger partial charge in [0.25, 0.3) is 0 Å². The second kappa shape index (κ2) is 7.48. The summed E-state index contributed by atoms with van der Waals surface area (Å²) in [6, 6.07) is 21.3. The molecule has 0 bridgehead atoms. The highest BCUT2D eigenvalue weighted by molar-refractivity contribution is 7.76. The van der Waals surface area contributed by atoms with Gasteiger partial charge in [0.05, 0.1) is 0 Å². The van der Waals surface area contributed by atoms with Crippen LogP contribution in [0, 0.1) is 0 Å². The molecular formula is C17H18ClP. The number of halogens is 1. The molecule has 0 radical (unpaired) electrons. The van der Waals surface area contributed by atoms with Gasteiger partial charge in [0.1, 0.15) is 0 Å². The molecule has 19 heavy (non-hydrogen) atoms. The van der Waals surface area contributed by atoms with Gasteiger partial charge in [-0.3, -0.25) is 0 Å². The smallest absolute Gasteiger partial charge is 0.0226 e. The van der Waals surface area contributed by atoms with Crippen molar-refractivity contribution in [2.45, 2.75) is 12.8 Å². The molecule has 0 spiro atoms. The zero-order valence-corrected chi connectivity index (χ0v) is 12.6. The topological polar surface area (TPSA) is 0 Å². The Morgan fingerprint density at radius 3 is 1.79 bits per heavy atom. The van der Waals surface area contributed by atoms with Crippen LogP contribution in [0.5, 0.6) is 0 Å². The fraction of sp³-hybridized carbons (Fsp3) is 0.176. The van der Waals surface area contributed by atoms with E-state index in [4.69, 9.17) is 11.6 Å². The molecule has 0 unspecified atom stereocenters. The molecule has 0 amide bonds. The minimum absolute atomic E-state index is 0.477. The summed E-state index contributed by atoms with van der Waals surface area (Å²) in [5, 5.41) is 4.03. The van der Waals surface area contributed by atoms with E-state index in [1.807, 2.05) is 0 Å². The van der Waals surface area contributed by atoms with Gasteiger partial charge in [-0.2, -0.15) is 0 Å². The first-order valence-corrected chi connectivity index (χ1v) is 8.34. The number of rotatable bonds is 6. The Kier molecular flexibility index (Phi) is 5.63. The fourth-order valence-electron chi connectivity index (χ4n) is 2.05. The van der Waals surface area contributed by atoms with E-state index in [9.17, 15) is 0 Å². The lowest BCUT2D eigenvalue weighted by molar-refractivity contribution is 0.956. The summed E-state index contributed by atoms with van der Waals surface area (Å²) < 4.78 is 0. The molecule has 2 aromatic rings. The first-order chi connectivity index (χ1) is 9.33. The lowest BCUT2D eigenvalue weighted by atomic mass is 10.3. The zero-order chi connectivity index (χ0) is 13.5. The molecule has 2 heteroatoms. The summed E-state index contributed by atoms with van der Waals surface area (Å²) in [6.07, 6.45) is 2.00. The van der Waals surface area contributed by atoms with Gasteiger partial charge in [0, 0.05) is 5.88 Å². The molecule has 0 saturated heterocycles. The van der Waals surface area contributed by atoms with Crippen LogP contribution in [0.15, 0.2) is 72.6 Å². The molecule has 0 saturated carbocycles. The Morgan fingerprint density at radius 1 is 0.895 bits per heavy atom. The predicted octanol–water partition coefficient (Wildman–Crippen LogP) is 4.65. The van der Waals surface area contributed by atoms with Gasteiger partial charge >= 0.3 is 0 Å². The van der Waals surface area contributed by atoms with Crippen LogP contribution in [0.4, 0.5) is 0 Å². The van der Waals surface area contributed by atoms with Crippen molar-refractivity contribution in [2.75, 3.05) is 5.88 Å². The highest BCUT2D eigenvalue weighted by Gasteiger charge is 2.16. The van der Waals surface area contributed by atoms with Crippen LogP contribution in [-0.4, -0.2) is 5.88 Å². The summed E-state index contributed by atoms with van der Waals surface area (Å²) in [7, 11) is -0.477. The molecule has 0 heterocycles. The van der Waals surface area contributed by atoms with E-state index in [2.05, 4.69) is 67.2 Å². The molecule has 0 aliphatic carbocycles.